The summed E-state index contributed by atoms with van der Waals surface area (Å²) in [5.41, 5.74) is 0.248. The zero-order chi connectivity index (χ0) is 18.0. The normalized spacial score (nSPS) is 30.6. The Hall–Kier alpha value is -1.75. The predicted molar refractivity (Wildman–Crippen MR) is 91.4 cm³/mol. The summed E-state index contributed by atoms with van der Waals surface area (Å²) < 4.78 is 5.41. The molecule has 25 heavy (non-hydrogen) atoms. The van der Waals surface area contributed by atoms with Crippen molar-refractivity contribution < 1.29 is 30.4 Å². The van der Waals surface area contributed by atoms with E-state index < -0.39 is 36.5 Å². The Labute approximate surface area is 147 Å². The van der Waals surface area contributed by atoms with Crippen molar-refractivity contribution in [3.8, 4) is 0 Å². The first-order chi connectivity index (χ1) is 12.0. The minimum absolute atomic E-state index is 0.127. The van der Waals surface area contributed by atoms with Crippen LogP contribution in [0.5, 0.6) is 0 Å². The number of fused-ring (bicyclic) bond motifs is 1. The lowest BCUT2D eigenvalue weighted by molar-refractivity contribution is -0.205. The van der Waals surface area contributed by atoms with E-state index in [1.54, 1.807) is 6.07 Å². The van der Waals surface area contributed by atoms with Crippen LogP contribution in [0.25, 0.3) is 10.9 Å². The highest BCUT2D eigenvalue weighted by Crippen LogP contribution is 2.31. The van der Waals surface area contributed by atoms with Crippen molar-refractivity contribution >= 4 is 27.7 Å². The molecule has 3 rings (SSSR count). The minimum atomic E-state index is -1.49. The van der Waals surface area contributed by atoms with Crippen molar-refractivity contribution in [2.45, 2.75) is 29.9 Å². The number of nitrogens with zero attached hydrogens (tertiary/aromatic N) is 2. The predicted octanol–water partition coefficient (Wildman–Crippen LogP) is -0.0963. The molecule has 2 heterocycles. The molecule has 2 aromatic rings. The van der Waals surface area contributed by atoms with Crippen molar-refractivity contribution in [3.05, 3.63) is 42.1 Å². The summed E-state index contributed by atoms with van der Waals surface area (Å²) in [4.78, 5) is 4.28. The van der Waals surface area contributed by atoms with Crippen LogP contribution in [0, 0.1) is 0 Å². The molecule has 0 amide bonds. The molecule has 0 unspecified atom stereocenters. The van der Waals surface area contributed by atoms with E-state index in [-0.39, 0.29) is 5.04 Å². The Balaban J connectivity index is 1.83. The van der Waals surface area contributed by atoms with Crippen LogP contribution in [0.1, 0.15) is 5.56 Å². The number of hydrogen-bond donors (Lipinski definition) is 5. The molecular weight excluding hydrogens is 348 g/mol. The number of oxime groups is 1. The van der Waals surface area contributed by atoms with Crippen LogP contribution >= 0.6 is 11.8 Å². The molecule has 9 heteroatoms. The van der Waals surface area contributed by atoms with E-state index >= 15 is 0 Å². The summed E-state index contributed by atoms with van der Waals surface area (Å²) in [6.07, 6.45) is -3.85. The van der Waals surface area contributed by atoms with Crippen LogP contribution in [0.2, 0.25) is 0 Å². The molecule has 1 aliphatic rings. The SMILES string of the molecule is OC[C@H]1O[C@@H](S/C(=N/O)c2cnc3ccccc3c2)[C@H](O)[C@@H](O)[C@@H]1O. The van der Waals surface area contributed by atoms with Crippen molar-refractivity contribution in [1.82, 2.24) is 4.98 Å². The first-order valence-electron chi connectivity index (χ1n) is 7.59. The average Bonchev–Trinajstić information content (AvgIpc) is 2.65. The average molecular weight is 366 g/mol. The summed E-state index contributed by atoms with van der Waals surface area (Å²) in [7, 11) is 0. The largest absolute Gasteiger partial charge is 0.410 e. The number of para-hydroxylation sites is 1. The topological polar surface area (TPSA) is 136 Å². The lowest BCUT2D eigenvalue weighted by Crippen LogP contribution is -2.57. The number of aromatic nitrogens is 1. The van der Waals surface area contributed by atoms with Crippen LogP contribution in [0.4, 0.5) is 0 Å². The number of aliphatic hydroxyl groups is 4. The van der Waals surface area contributed by atoms with Crippen LogP contribution < -0.4 is 0 Å². The molecule has 0 spiro atoms. The second-order valence-corrected chi connectivity index (χ2v) is 6.72. The Morgan fingerprint density at radius 2 is 1.92 bits per heavy atom. The van der Waals surface area contributed by atoms with Crippen LogP contribution in [0.3, 0.4) is 0 Å². The number of pyridine rings is 1. The lowest BCUT2D eigenvalue weighted by Gasteiger charge is -2.39. The highest BCUT2D eigenvalue weighted by Gasteiger charge is 2.44. The van der Waals surface area contributed by atoms with Gasteiger partial charge in [0.05, 0.1) is 12.1 Å². The fourth-order valence-electron chi connectivity index (χ4n) is 2.61. The van der Waals surface area contributed by atoms with Crippen LogP contribution in [-0.2, 0) is 4.74 Å². The molecule has 1 saturated heterocycles. The highest BCUT2D eigenvalue weighted by molar-refractivity contribution is 8.14. The number of rotatable bonds is 3. The van der Waals surface area contributed by atoms with Crippen molar-refractivity contribution in [1.29, 1.82) is 0 Å². The van der Waals surface area contributed by atoms with E-state index in [9.17, 15) is 25.6 Å². The molecule has 1 aromatic heterocycles. The Morgan fingerprint density at radius 1 is 1.16 bits per heavy atom. The van der Waals surface area contributed by atoms with E-state index in [1.165, 1.54) is 6.20 Å². The maximum atomic E-state index is 10.1. The Bertz CT molecular complexity index is 771. The molecule has 0 radical (unpaired) electrons. The van der Waals surface area contributed by atoms with Gasteiger partial charge < -0.3 is 30.4 Å². The highest BCUT2D eigenvalue weighted by atomic mass is 32.2. The van der Waals surface area contributed by atoms with E-state index in [0.717, 1.165) is 22.7 Å². The first kappa shape index (κ1) is 18.1. The standard InChI is InChI=1S/C16H18N2O6S/c19-7-11-12(20)13(21)14(22)16(24-11)25-15(18-23)9-5-8-3-1-2-4-10(8)17-6-9/h1-6,11-14,16,19-23H,7H2/b18-15+/t11-,12-,13+,14-,16+/m1/s1. The van der Waals surface area contributed by atoms with Gasteiger partial charge in [-0.05, 0) is 12.1 Å². The Kier molecular flexibility index (Phi) is 5.52. The molecule has 134 valence electrons. The van der Waals surface area contributed by atoms with Gasteiger partial charge in [-0.25, -0.2) is 0 Å². The molecule has 0 bridgehead atoms. The summed E-state index contributed by atoms with van der Waals surface area (Å²) in [5.74, 6) is 0. The van der Waals surface area contributed by atoms with Gasteiger partial charge in [-0.2, -0.15) is 0 Å². The summed E-state index contributed by atoms with van der Waals surface area (Å²) in [5, 5.41) is 52.5. The van der Waals surface area contributed by atoms with Gasteiger partial charge >= 0.3 is 0 Å². The van der Waals surface area contributed by atoms with Crippen molar-refractivity contribution in [2.75, 3.05) is 6.61 Å². The van der Waals surface area contributed by atoms with E-state index in [4.69, 9.17) is 4.74 Å². The third-order valence-corrected chi connectivity index (χ3v) is 5.17. The first-order valence-corrected chi connectivity index (χ1v) is 8.47. The van der Waals surface area contributed by atoms with Crippen LogP contribution in [-0.4, -0.2) is 72.1 Å². The summed E-state index contributed by atoms with van der Waals surface area (Å²) >= 11 is 0.866. The molecule has 1 aromatic carbocycles. The number of aliphatic hydroxyl groups excluding tert-OH is 4. The quantitative estimate of drug-likeness (QED) is 0.220. The molecule has 5 N–H and O–H groups in total. The maximum absolute atomic E-state index is 10.1. The van der Waals surface area contributed by atoms with Gasteiger partial charge in [0.25, 0.3) is 0 Å². The molecule has 1 fully saturated rings. The second-order valence-electron chi connectivity index (χ2n) is 5.64. The molecule has 0 saturated carbocycles. The third kappa shape index (κ3) is 3.61. The second kappa shape index (κ2) is 7.65. The van der Waals surface area contributed by atoms with E-state index in [1.807, 2.05) is 24.3 Å². The summed E-state index contributed by atoms with van der Waals surface area (Å²) in [6.45, 7) is -0.523. The zero-order valence-corrected chi connectivity index (χ0v) is 13.8. The number of hydrogen-bond acceptors (Lipinski definition) is 9. The zero-order valence-electron chi connectivity index (χ0n) is 13.0. The Morgan fingerprint density at radius 3 is 2.64 bits per heavy atom. The van der Waals surface area contributed by atoms with Gasteiger partial charge in [-0.15, -0.1) is 0 Å². The van der Waals surface area contributed by atoms with Gasteiger partial charge in [0.1, 0.15) is 34.9 Å². The summed E-state index contributed by atoms with van der Waals surface area (Å²) in [6, 6.07) is 9.19. The van der Waals surface area contributed by atoms with Gasteiger partial charge in [-0.1, -0.05) is 35.1 Å². The van der Waals surface area contributed by atoms with Gasteiger partial charge in [-0.3, -0.25) is 4.98 Å². The fraction of sp³-hybridized carbons (Fsp3) is 0.375. The van der Waals surface area contributed by atoms with Gasteiger partial charge in [0.15, 0.2) is 0 Å². The molecule has 8 nitrogen and oxygen atoms in total. The maximum Gasteiger partial charge on any atom is 0.147 e. The number of thioether (sulfide) groups is 1. The van der Waals surface area contributed by atoms with E-state index in [0.29, 0.717) is 5.56 Å². The molecule has 5 atom stereocenters. The fourth-order valence-corrected chi connectivity index (χ4v) is 3.63. The van der Waals surface area contributed by atoms with Crippen molar-refractivity contribution in [3.63, 3.8) is 0 Å². The monoisotopic (exact) mass is 366 g/mol. The number of ether oxygens (including phenoxy) is 1. The number of benzene rings is 1. The lowest BCUT2D eigenvalue weighted by atomic mass is 10.0. The smallest absolute Gasteiger partial charge is 0.147 e. The van der Waals surface area contributed by atoms with Gasteiger partial charge in [0.2, 0.25) is 0 Å². The molecule has 1 aliphatic heterocycles. The third-order valence-electron chi connectivity index (χ3n) is 4.00. The van der Waals surface area contributed by atoms with Crippen molar-refractivity contribution in [2.24, 2.45) is 5.16 Å². The van der Waals surface area contributed by atoms with Gasteiger partial charge in [0, 0.05) is 17.1 Å². The van der Waals surface area contributed by atoms with E-state index in [2.05, 4.69) is 10.1 Å². The minimum Gasteiger partial charge on any atom is -0.410 e. The molecular formula is C16H18N2O6S. The molecule has 0 aliphatic carbocycles. The van der Waals surface area contributed by atoms with Crippen LogP contribution in [0.15, 0.2) is 41.7 Å².